The third kappa shape index (κ3) is 44.1. The summed E-state index contributed by atoms with van der Waals surface area (Å²) < 4.78 is 33.0. The summed E-state index contributed by atoms with van der Waals surface area (Å²) >= 11 is 0. The van der Waals surface area contributed by atoms with Crippen LogP contribution in [-0.4, -0.2) is 93.7 Å². The fraction of sp³-hybridized carbons (Fsp3) is 0.909. The van der Waals surface area contributed by atoms with Gasteiger partial charge in [0.1, 0.15) is 18.8 Å². The smallest absolute Gasteiger partial charge is 0.466 e. The molecule has 0 aromatic carbocycles. The van der Waals surface area contributed by atoms with Crippen LogP contribution in [0.25, 0.3) is 0 Å². The highest BCUT2D eigenvalue weighted by Gasteiger charge is 2.29. The van der Waals surface area contributed by atoms with Crippen LogP contribution in [0.4, 0.5) is 4.79 Å². The molecule has 12 heteroatoms. The van der Waals surface area contributed by atoms with Crippen molar-refractivity contribution in [2.24, 2.45) is 0 Å². The van der Waals surface area contributed by atoms with Gasteiger partial charge < -0.3 is 33.3 Å². The van der Waals surface area contributed by atoms with Crippen LogP contribution in [0.1, 0.15) is 265 Å². The molecular weight excluding hydrogens is 851 g/mol. The average molecular weight is 954 g/mol. The largest absolute Gasteiger partial charge is 0.509 e. The monoisotopic (exact) mass is 954 g/mol. The molecule has 0 rings (SSSR count). The highest BCUT2D eigenvalue weighted by Crippen LogP contribution is 2.20. The Kier molecular flexibility index (Phi) is 46.1. The summed E-state index contributed by atoms with van der Waals surface area (Å²) in [6, 6.07) is 0. The van der Waals surface area contributed by atoms with E-state index in [2.05, 4.69) is 27.7 Å². The molecule has 0 aromatic heterocycles. The van der Waals surface area contributed by atoms with Gasteiger partial charge in [-0.2, -0.15) is 0 Å². The minimum Gasteiger partial charge on any atom is -0.466 e. The third-order valence-electron chi connectivity index (χ3n) is 12.3. The van der Waals surface area contributed by atoms with E-state index in [1.54, 1.807) is 0 Å². The van der Waals surface area contributed by atoms with Gasteiger partial charge in [-0.15, -0.1) is 0 Å². The van der Waals surface area contributed by atoms with Gasteiger partial charge in [-0.05, 0) is 91.1 Å². The fourth-order valence-electron chi connectivity index (χ4n) is 8.02. The second-order valence-electron chi connectivity index (χ2n) is 19.2. The van der Waals surface area contributed by atoms with E-state index >= 15 is 0 Å². The zero-order chi connectivity index (χ0) is 49.4. The van der Waals surface area contributed by atoms with Crippen LogP contribution < -0.4 is 0 Å². The first kappa shape index (κ1) is 64.1. The van der Waals surface area contributed by atoms with E-state index in [1.165, 1.54) is 103 Å². The van der Waals surface area contributed by atoms with Crippen LogP contribution in [-0.2, 0) is 47.6 Å². The number of carbonyl (C=O) groups is 5. The molecule has 0 amide bonds. The summed E-state index contributed by atoms with van der Waals surface area (Å²) in [7, 11) is 3.67. The normalized spacial score (nSPS) is 12.6. The van der Waals surface area contributed by atoms with Gasteiger partial charge in [0.15, 0.2) is 0 Å². The van der Waals surface area contributed by atoms with Crippen molar-refractivity contribution in [3.05, 3.63) is 0 Å². The molecule has 67 heavy (non-hydrogen) atoms. The molecule has 0 bridgehead atoms. The lowest BCUT2D eigenvalue weighted by molar-refractivity contribution is -0.161. The Bertz CT molecular complexity index is 1180. The molecule has 394 valence electrons. The van der Waals surface area contributed by atoms with Gasteiger partial charge in [-0.25, -0.2) is 9.59 Å². The van der Waals surface area contributed by atoms with Crippen molar-refractivity contribution in [2.45, 2.75) is 284 Å². The summed E-state index contributed by atoms with van der Waals surface area (Å²) in [5, 5.41) is 0. The van der Waals surface area contributed by atoms with E-state index in [1.807, 2.05) is 19.0 Å². The van der Waals surface area contributed by atoms with Gasteiger partial charge in [0.2, 0.25) is 6.10 Å². The Morgan fingerprint density at radius 3 is 1.15 bits per heavy atom. The highest BCUT2D eigenvalue weighted by atomic mass is 16.7. The topological polar surface area (TPSA) is 144 Å². The van der Waals surface area contributed by atoms with Crippen molar-refractivity contribution in [2.75, 3.05) is 40.5 Å². The number of likely N-dealkylation sites (N-methyl/N-ethyl adjacent to an activating group) is 1. The first-order chi connectivity index (χ1) is 32.6. The van der Waals surface area contributed by atoms with Crippen LogP contribution in [0.2, 0.25) is 0 Å². The van der Waals surface area contributed by atoms with E-state index in [4.69, 9.17) is 28.4 Å². The fourth-order valence-corrected chi connectivity index (χ4v) is 8.02. The lowest BCUT2D eigenvalue weighted by Crippen LogP contribution is -2.33. The molecule has 0 fully saturated rings. The summed E-state index contributed by atoms with van der Waals surface area (Å²) in [6.45, 7) is 9.69. The second-order valence-corrected chi connectivity index (χ2v) is 19.2. The number of hydrogen-bond acceptors (Lipinski definition) is 12. The van der Waals surface area contributed by atoms with Crippen molar-refractivity contribution in [3.8, 4) is 0 Å². The number of carbonyl (C=O) groups excluding carboxylic acids is 5. The number of nitrogens with zero attached hydrogens (tertiary/aromatic N) is 1. The van der Waals surface area contributed by atoms with Crippen LogP contribution in [0, 0.1) is 0 Å². The lowest BCUT2D eigenvalue weighted by Gasteiger charge is -2.18. The van der Waals surface area contributed by atoms with Crippen molar-refractivity contribution in [3.63, 3.8) is 0 Å². The minimum atomic E-state index is -1.48. The van der Waals surface area contributed by atoms with E-state index in [-0.39, 0.29) is 44.0 Å². The van der Waals surface area contributed by atoms with Crippen molar-refractivity contribution < 1.29 is 52.4 Å². The number of ether oxygens (including phenoxy) is 6. The van der Waals surface area contributed by atoms with Crippen LogP contribution in [0.15, 0.2) is 0 Å². The molecule has 12 nitrogen and oxygen atoms in total. The molecule has 0 N–H and O–H groups in total. The quantitative estimate of drug-likeness (QED) is 0.0325. The van der Waals surface area contributed by atoms with Gasteiger partial charge in [0.05, 0.1) is 19.6 Å². The number of hydrogen-bond donors (Lipinski definition) is 0. The van der Waals surface area contributed by atoms with E-state index in [0.717, 1.165) is 103 Å². The SMILES string of the molecule is CCCCCCCCC(CCCCCC)OC(=O)CCCCCCCOC(=O)CC(OC(=O)OCCN(C)C)C(=O)OCCCCCCCC(=O)OC(CCCCCC)CCCCCCCC. The molecule has 0 saturated carbocycles. The van der Waals surface area contributed by atoms with E-state index in [9.17, 15) is 24.0 Å². The van der Waals surface area contributed by atoms with Crippen molar-refractivity contribution in [1.29, 1.82) is 0 Å². The van der Waals surface area contributed by atoms with E-state index < -0.39 is 30.6 Å². The molecule has 3 atom stereocenters. The number of rotatable bonds is 49. The number of esters is 4. The summed E-state index contributed by atoms with van der Waals surface area (Å²) in [5.74, 6) is -1.69. The average Bonchev–Trinajstić information content (AvgIpc) is 3.29. The maximum Gasteiger partial charge on any atom is 0.509 e. The molecule has 0 heterocycles. The summed E-state index contributed by atoms with van der Waals surface area (Å²) in [5.41, 5.74) is 0. The molecule has 0 aliphatic carbocycles. The van der Waals surface area contributed by atoms with Gasteiger partial charge >= 0.3 is 30.0 Å². The van der Waals surface area contributed by atoms with Gasteiger partial charge in [0, 0.05) is 19.4 Å². The first-order valence-electron chi connectivity index (χ1n) is 27.7. The maximum atomic E-state index is 13.0. The molecule has 0 saturated heterocycles. The Morgan fingerprint density at radius 1 is 0.373 bits per heavy atom. The summed E-state index contributed by atoms with van der Waals surface area (Å²) in [6.07, 6.45) is 33.7. The second kappa shape index (κ2) is 48.1. The first-order valence-corrected chi connectivity index (χ1v) is 27.7. The Balaban J connectivity index is 4.61. The molecule has 0 spiro atoms. The predicted molar refractivity (Wildman–Crippen MR) is 270 cm³/mol. The van der Waals surface area contributed by atoms with Gasteiger partial charge in [-0.1, -0.05) is 169 Å². The molecular formula is C55H103NO11. The van der Waals surface area contributed by atoms with Crippen LogP contribution in [0.3, 0.4) is 0 Å². The standard InChI is InChI=1S/C55H103NO11/c1-7-11-15-19-23-31-39-48(37-29-17-13-9-3)65-51(57)41-33-25-21-27-35-44-62-53(59)47-50(67-55(61)64-46-43-56(5)6)54(60)63-45-36-28-22-26-34-42-52(58)66-49(38-30-18-14-10-4)40-32-24-20-16-12-8-2/h48-50H,7-47H2,1-6H3. The van der Waals surface area contributed by atoms with E-state index in [0.29, 0.717) is 32.2 Å². The molecule has 3 unspecified atom stereocenters. The van der Waals surface area contributed by atoms with Gasteiger partial charge in [-0.3, -0.25) is 14.4 Å². The maximum absolute atomic E-state index is 13.0. The van der Waals surface area contributed by atoms with Crippen LogP contribution in [0.5, 0.6) is 0 Å². The summed E-state index contributed by atoms with van der Waals surface area (Å²) in [4.78, 5) is 65.4. The lowest BCUT2D eigenvalue weighted by atomic mass is 10.0. The van der Waals surface area contributed by atoms with Crippen molar-refractivity contribution >= 4 is 30.0 Å². The molecule has 0 aromatic rings. The van der Waals surface area contributed by atoms with Crippen LogP contribution >= 0.6 is 0 Å². The Hall–Kier alpha value is -2.89. The molecule has 0 radical (unpaired) electrons. The third-order valence-corrected chi connectivity index (χ3v) is 12.3. The molecule has 0 aliphatic heterocycles. The Morgan fingerprint density at radius 2 is 0.731 bits per heavy atom. The van der Waals surface area contributed by atoms with Crippen molar-refractivity contribution in [1.82, 2.24) is 4.90 Å². The highest BCUT2D eigenvalue weighted by molar-refractivity contribution is 5.83. The zero-order valence-corrected chi connectivity index (χ0v) is 44.2. The Labute approximate surface area is 410 Å². The minimum absolute atomic E-state index is 0.0216. The molecule has 0 aliphatic rings. The number of unbranched alkanes of at least 4 members (excludes halogenated alkanes) is 24. The zero-order valence-electron chi connectivity index (χ0n) is 44.2. The predicted octanol–water partition coefficient (Wildman–Crippen LogP) is 14.5. The van der Waals surface area contributed by atoms with Gasteiger partial charge in [0.25, 0.3) is 0 Å².